The fourth-order valence-corrected chi connectivity index (χ4v) is 1.19. The molecule has 0 radical (unpaired) electrons. The van der Waals surface area contributed by atoms with Crippen LogP contribution in [0.25, 0.3) is 0 Å². The number of pyridine rings is 1. The van der Waals surface area contributed by atoms with Crippen LogP contribution in [-0.4, -0.2) is 21.6 Å². The summed E-state index contributed by atoms with van der Waals surface area (Å²) in [4.78, 5) is 3.57. The molecule has 0 aliphatic rings. The third kappa shape index (κ3) is 2.89. The molecule has 0 bridgehead atoms. The van der Waals surface area contributed by atoms with Crippen LogP contribution in [0.2, 0.25) is 0 Å². The highest BCUT2D eigenvalue weighted by Gasteiger charge is 2.34. The van der Waals surface area contributed by atoms with Crippen molar-refractivity contribution in [2.45, 2.75) is 18.8 Å². The highest BCUT2D eigenvalue weighted by atomic mass is 35.5. The number of halogens is 4. The number of ether oxygens (including phenoxy) is 1. The Morgan fingerprint density at radius 1 is 1.44 bits per heavy atom. The summed E-state index contributed by atoms with van der Waals surface area (Å²) in [6, 6.07) is 0. The zero-order valence-corrected chi connectivity index (χ0v) is 8.51. The Morgan fingerprint density at radius 2 is 2.06 bits per heavy atom. The first-order valence-electron chi connectivity index (χ1n) is 4.01. The molecule has 0 aliphatic carbocycles. The molecule has 1 heterocycles. The second-order valence-corrected chi connectivity index (χ2v) is 3.01. The number of aromatic hydroxyl groups is 1. The second kappa shape index (κ2) is 4.75. The third-order valence-electron chi connectivity index (χ3n) is 1.67. The Labute approximate surface area is 93.2 Å². The van der Waals surface area contributed by atoms with E-state index >= 15 is 0 Å². The minimum Gasteiger partial charge on any atom is -0.503 e. The van der Waals surface area contributed by atoms with Crippen LogP contribution in [0, 0.1) is 0 Å². The summed E-state index contributed by atoms with van der Waals surface area (Å²) in [6.07, 6.45) is -4.01. The molecule has 90 valence electrons. The first-order valence-corrected chi connectivity index (χ1v) is 4.54. The van der Waals surface area contributed by atoms with Crippen molar-refractivity contribution in [1.82, 2.24) is 4.98 Å². The molecule has 0 saturated heterocycles. The molecule has 0 spiro atoms. The van der Waals surface area contributed by atoms with Crippen molar-refractivity contribution in [3.05, 3.63) is 17.5 Å². The summed E-state index contributed by atoms with van der Waals surface area (Å²) < 4.78 is 39.6. The van der Waals surface area contributed by atoms with E-state index in [-0.39, 0.29) is 17.1 Å². The average Bonchev–Trinajstić information content (AvgIpc) is 2.19. The predicted octanol–water partition coefficient (Wildman–Crippen LogP) is 1.92. The van der Waals surface area contributed by atoms with E-state index in [4.69, 9.17) is 16.7 Å². The van der Waals surface area contributed by atoms with Crippen molar-refractivity contribution in [1.29, 1.82) is 0 Å². The number of aromatic nitrogens is 1. The van der Waals surface area contributed by atoms with Gasteiger partial charge in [-0.05, 0) is 0 Å². The number of aliphatic hydroxyl groups excluding tert-OH is 1. The van der Waals surface area contributed by atoms with Crippen LogP contribution in [-0.2, 0) is 12.5 Å². The van der Waals surface area contributed by atoms with E-state index in [1.165, 1.54) is 0 Å². The van der Waals surface area contributed by atoms with Crippen molar-refractivity contribution in [2.24, 2.45) is 0 Å². The Kier molecular flexibility index (Phi) is 3.82. The van der Waals surface area contributed by atoms with E-state index in [0.29, 0.717) is 0 Å². The van der Waals surface area contributed by atoms with Crippen LogP contribution in [0.4, 0.5) is 13.2 Å². The van der Waals surface area contributed by atoms with Gasteiger partial charge in [-0.2, -0.15) is 0 Å². The Morgan fingerprint density at radius 3 is 2.50 bits per heavy atom. The number of hydrogen-bond donors (Lipinski definition) is 2. The molecule has 0 unspecified atom stereocenters. The lowest BCUT2D eigenvalue weighted by Crippen LogP contribution is -2.18. The van der Waals surface area contributed by atoms with Crippen molar-refractivity contribution in [3.63, 3.8) is 0 Å². The second-order valence-electron chi connectivity index (χ2n) is 2.75. The normalized spacial score (nSPS) is 11.6. The standard InChI is InChI=1S/C8H7ClF3NO3/c9-1-5-6(15)7(16-8(10,11)12)4(3-14)2-13-5/h2,14-15H,1,3H2. The first kappa shape index (κ1) is 12.9. The number of aliphatic hydroxyl groups is 1. The van der Waals surface area contributed by atoms with Gasteiger partial charge in [-0.3, -0.25) is 4.98 Å². The average molecular weight is 258 g/mol. The molecule has 8 heteroatoms. The zero-order valence-electron chi connectivity index (χ0n) is 7.75. The van der Waals surface area contributed by atoms with E-state index in [9.17, 15) is 18.3 Å². The molecule has 0 atom stereocenters. The highest BCUT2D eigenvalue weighted by molar-refractivity contribution is 6.17. The molecule has 1 rings (SSSR count). The van der Waals surface area contributed by atoms with E-state index in [2.05, 4.69) is 9.72 Å². The molecule has 4 nitrogen and oxygen atoms in total. The predicted molar refractivity (Wildman–Crippen MR) is 48.1 cm³/mol. The number of rotatable bonds is 3. The maximum atomic E-state index is 12.0. The summed E-state index contributed by atoms with van der Waals surface area (Å²) in [5.74, 6) is -1.97. The van der Waals surface area contributed by atoms with Crippen LogP contribution < -0.4 is 4.74 Å². The Bertz CT molecular complexity index is 384. The van der Waals surface area contributed by atoms with Crippen molar-refractivity contribution < 1.29 is 28.1 Å². The van der Waals surface area contributed by atoms with Gasteiger partial charge >= 0.3 is 6.36 Å². The molecule has 0 amide bonds. The summed E-state index contributed by atoms with van der Waals surface area (Å²) >= 11 is 5.35. The first-order chi connectivity index (χ1) is 7.39. The highest BCUT2D eigenvalue weighted by Crippen LogP contribution is 2.36. The van der Waals surface area contributed by atoms with Gasteiger partial charge in [0.25, 0.3) is 0 Å². The molecular formula is C8H7ClF3NO3. The van der Waals surface area contributed by atoms with Gasteiger partial charge in [0, 0.05) is 11.8 Å². The van der Waals surface area contributed by atoms with Gasteiger partial charge < -0.3 is 14.9 Å². The zero-order chi connectivity index (χ0) is 12.3. The Hall–Kier alpha value is -1.21. The third-order valence-corrected chi connectivity index (χ3v) is 1.92. The van der Waals surface area contributed by atoms with Crippen LogP contribution in [0.15, 0.2) is 6.20 Å². The van der Waals surface area contributed by atoms with E-state index in [0.717, 1.165) is 6.20 Å². The number of hydrogen-bond acceptors (Lipinski definition) is 4. The Balaban J connectivity index is 3.21. The topological polar surface area (TPSA) is 62.6 Å². The quantitative estimate of drug-likeness (QED) is 0.812. The minimum atomic E-state index is -4.97. The summed E-state index contributed by atoms with van der Waals surface area (Å²) in [7, 11) is 0. The fraction of sp³-hybridized carbons (Fsp3) is 0.375. The molecular weight excluding hydrogens is 251 g/mol. The van der Waals surface area contributed by atoms with Crippen LogP contribution >= 0.6 is 11.6 Å². The molecule has 0 aliphatic heterocycles. The maximum Gasteiger partial charge on any atom is 0.573 e. The summed E-state index contributed by atoms with van der Waals surface area (Å²) in [5.41, 5.74) is -0.429. The van der Waals surface area contributed by atoms with Crippen molar-refractivity contribution in [2.75, 3.05) is 0 Å². The molecule has 1 aromatic heterocycles. The molecule has 1 aromatic rings. The van der Waals surface area contributed by atoms with Gasteiger partial charge in [-0.15, -0.1) is 24.8 Å². The largest absolute Gasteiger partial charge is 0.573 e. The molecule has 0 fully saturated rings. The van der Waals surface area contributed by atoms with E-state index in [1.807, 2.05) is 0 Å². The van der Waals surface area contributed by atoms with E-state index < -0.39 is 24.5 Å². The summed E-state index contributed by atoms with van der Waals surface area (Å²) in [6.45, 7) is -0.742. The van der Waals surface area contributed by atoms with Gasteiger partial charge in [0.05, 0.1) is 12.5 Å². The van der Waals surface area contributed by atoms with Gasteiger partial charge in [0.2, 0.25) is 0 Å². The molecule has 16 heavy (non-hydrogen) atoms. The van der Waals surface area contributed by atoms with E-state index in [1.54, 1.807) is 0 Å². The monoisotopic (exact) mass is 257 g/mol. The smallest absolute Gasteiger partial charge is 0.503 e. The number of alkyl halides is 4. The number of nitrogens with zero attached hydrogens (tertiary/aromatic N) is 1. The van der Waals surface area contributed by atoms with Gasteiger partial charge in [0.15, 0.2) is 11.5 Å². The van der Waals surface area contributed by atoms with Gasteiger partial charge in [0.1, 0.15) is 5.69 Å². The van der Waals surface area contributed by atoms with Crippen LogP contribution in [0.5, 0.6) is 11.5 Å². The van der Waals surface area contributed by atoms with Crippen LogP contribution in [0.3, 0.4) is 0 Å². The fourth-order valence-electron chi connectivity index (χ4n) is 0.999. The minimum absolute atomic E-state index is 0.155. The van der Waals surface area contributed by atoms with Crippen molar-refractivity contribution in [3.8, 4) is 11.5 Å². The molecule has 0 saturated carbocycles. The lowest BCUT2D eigenvalue weighted by Gasteiger charge is -2.14. The molecule has 2 N–H and O–H groups in total. The summed E-state index contributed by atoms with van der Waals surface area (Å²) in [5, 5.41) is 18.2. The SMILES string of the molecule is OCc1cnc(CCl)c(O)c1OC(F)(F)F. The van der Waals surface area contributed by atoms with Crippen LogP contribution in [0.1, 0.15) is 11.3 Å². The van der Waals surface area contributed by atoms with Gasteiger partial charge in [-0.1, -0.05) is 0 Å². The lowest BCUT2D eigenvalue weighted by molar-refractivity contribution is -0.275. The van der Waals surface area contributed by atoms with Gasteiger partial charge in [-0.25, -0.2) is 0 Å². The lowest BCUT2D eigenvalue weighted by atomic mass is 10.2. The maximum absolute atomic E-state index is 12.0. The van der Waals surface area contributed by atoms with Crippen molar-refractivity contribution >= 4 is 11.6 Å². The molecule has 0 aromatic carbocycles.